The third-order valence-corrected chi connectivity index (χ3v) is 3.13. The molecule has 1 atom stereocenters. The Bertz CT molecular complexity index is 218. The maximum Gasteiger partial charge on any atom is 0.0720 e. The molecule has 0 saturated heterocycles. The molecule has 9 heteroatoms. The molecular weight excluding hydrogens is 282 g/mol. The summed E-state index contributed by atoms with van der Waals surface area (Å²) in [4.78, 5) is 0. The minimum atomic E-state index is -0.0725. The summed E-state index contributed by atoms with van der Waals surface area (Å²) in [5.41, 5.74) is 25.9. The van der Waals surface area contributed by atoms with E-state index in [4.69, 9.17) is 22.9 Å². The van der Waals surface area contributed by atoms with E-state index in [1.807, 2.05) is 0 Å². The molecule has 0 rings (SSSR count). The zero-order valence-corrected chi connectivity index (χ0v) is 13.8. The van der Waals surface area contributed by atoms with Gasteiger partial charge in [-0.25, -0.2) is 5.01 Å². The lowest BCUT2D eigenvalue weighted by Crippen LogP contribution is -2.54. The van der Waals surface area contributed by atoms with Gasteiger partial charge in [0.1, 0.15) is 0 Å². The van der Waals surface area contributed by atoms with Crippen LogP contribution in [0.2, 0.25) is 0 Å². The van der Waals surface area contributed by atoms with Crippen LogP contribution in [0.15, 0.2) is 0 Å². The summed E-state index contributed by atoms with van der Waals surface area (Å²) in [5, 5.41) is 11.9. The molecule has 134 valence electrons. The lowest BCUT2D eigenvalue weighted by atomic mass is 10.3. The average Bonchev–Trinajstić information content (AvgIpc) is 2.52. The monoisotopic (exact) mass is 319 g/mol. The topological polar surface area (TPSA) is 155 Å². The summed E-state index contributed by atoms with van der Waals surface area (Å²) in [6.07, 6.45) is 0.693. The van der Waals surface area contributed by atoms with Crippen LogP contribution in [0.1, 0.15) is 6.42 Å². The number of hydrogen-bond donors (Lipinski definition) is 8. The van der Waals surface area contributed by atoms with Gasteiger partial charge >= 0.3 is 0 Å². The lowest BCUT2D eigenvalue weighted by Gasteiger charge is -2.29. The molecule has 0 aliphatic heterocycles. The van der Waals surface area contributed by atoms with Gasteiger partial charge in [0.25, 0.3) is 0 Å². The fourth-order valence-electron chi connectivity index (χ4n) is 1.93. The third kappa shape index (κ3) is 13.3. The first kappa shape index (κ1) is 21.6. The Balaban J connectivity index is 3.78. The second kappa shape index (κ2) is 17.0. The molecule has 0 radical (unpaired) electrons. The Labute approximate surface area is 134 Å². The number of hydrogen-bond acceptors (Lipinski definition) is 9. The molecule has 0 saturated carbocycles. The molecule has 0 aromatic heterocycles. The quantitative estimate of drug-likeness (QED) is 0.0763. The summed E-state index contributed by atoms with van der Waals surface area (Å²) in [5.74, 6) is 0. The smallest absolute Gasteiger partial charge is 0.0720 e. The average molecular weight is 320 g/mol. The van der Waals surface area contributed by atoms with Gasteiger partial charge in [0.05, 0.1) is 6.17 Å². The van der Waals surface area contributed by atoms with E-state index < -0.39 is 0 Å². The van der Waals surface area contributed by atoms with Crippen molar-refractivity contribution in [2.24, 2.45) is 22.9 Å². The normalized spacial score (nSPS) is 13.0. The number of hydrazine groups is 1. The minimum absolute atomic E-state index is 0.0725. The maximum absolute atomic E-state index is 6.14. The van der Waals surface area contributed by atoms with Crippen molar-refractivity contribution in [1.29, 1.82) is 0 Å². The van der Waals surface area contributed by atoms with E-state index in [1.165, 1.54) is 0 Å². The molecule has 12 N–H and O–H groups in total. The highest BCUT2D eigenvalue weighted by molar-refractivity contribution is 4.65. The highest BCUT2D eigenvalue weighted by Crippen LogP contribution is 1.92. The maximum atomic E-state index is 6.14. The molecule has 0 bridgehead atoms. The van der Waals surface area contributed by atoms with Crippen molar-refractivity contribution in [3.63, 3.8) is 0 Å². The van der Waals surface area contributed by atoms with Crippen LogP contribution in [0.4, 0.5) is 0 Å². The van der Waals surface area contributed by atoms with Gasteiger partial charge in [-0.1, -0.05) is 0 Å². The minimum Gasteiger partial charge on any atom is -0.330 e. The first-order valence-electron chi connectivity index (χ1n) is 8.24. The van der Waals surface area contributed by atoms with Crippen LogP contribution in [-0.4, -0.2) is 83.2 Å². The van der Waals surface area contributed by atoms with Gasteiger partial charge in [0, 0.05) is 65.4 Å². The standard InChI is InChI=1S/C13H37N9/c14-2-1-13(17)22(21-10-9-19-6-4-16)12-11-20-8-7-18-5-3-15/h13,18-21H,1-12,14-17H2. The molecule has 0 aliphatic rings. The van der Waals surface area contributed by atoms with E-state index in [-0.39, 0.29) is 6.17 Å². The predicted molar refractivity (Wildman–Crippen MR) is 93.1 cm³/mol. The van der Waals surface area contributed by atoms with E-state index in [0.717, 1.165) is 58.8 Å². The van der Waals surface area contributed by atoms with Gasteiger partial charge in [-0.05, 0) is 13.0 Å². The van der Waals surface area contributed by atoms with Crippen LogP contribution in [-0.2, 0) is 0 Å². The predicted octanol–water partition coefficient (Wildman–Crippen LogP) is -3.89. The molecule has 1 unspecified atom stereocenters. The van der Waals surface area contributed by atoms with Crippen LogP contribution < -0.4 is 44.3 Å². The number of nitrogens with one attached hydrogen (secondary N) is 4. The van der Waals surface area contributed by atoms with Gasteiger partial charge in [0.15, 0.2) is 0 Å². The van der Waals surface area contributed by atoms with Gasteiger partial charge < -0.3 is 38.9 Å². The molecule has 0 spiro atoms. The Morgan fingerprint density at radius 3 is 1.77 bits per heavy atom. The summed E-state index contributed by atoms with van der Waals surface area (Å²) >= 11 is 0. The molecule has 0 heterocycles. The molecule has 22 heavy (non-hydrogen) atoms. The van der Waals surface area contributed by atoms with Crippen molar-refractivity contribution in [1.82, 2.24) is 26.4 Å². The fraction of sp³-hybridized carbons (Fsp3) is 1.00. The summed E-state index contributed by atoms with van der Waals surface area (Å²) in [6, 6.07) is 0. The van der Waals surface area contributed by atoms with Gasteiger partial charge in [-0.2, -0.15) is 0 Å². The van der Waals surface area contributed by atoms with Crippen LogP contribution >= 0.6 is 0 Å². The Morgan fingerprint density at radius 1 is 0.682 bits per heavy atom. The van der Waals surface area contributed by atoms with Gasteiger partial charge in [0.2, 0.25) is 0 Å². The number of nitrogens with zero attached hydrogens (tertiary/aromatic N) is 1. The molecule has 0 aromatic carbocycles. The first-order valence-corrected chi connectivity index (χ1v) is 8.24. The van der Waals surface area contributed by atoms with Crippen LogP contribution in [0.5, 0.6) is 0 Å². The molecule has 0 aromatic rings. The highest BCUT2D eigenvalue weighted by Gasteiger charge is 2.12. The summed E-state index contributed by atoms with van der Waals surface area (Å²) in [6.45, 7) is 8.79. The van der Waals surface area contributed by atoms with Gasteiger partial charge in [-0.3, -0.25) is 5.43 Å². The second-order valence-electron chi connectivity index (χ2n) is 5.07. The Morgan fingerprint density at radius 2 is 1.23 bits per heavy atom. The van der Waals surface area contributed by atoms with E-state index >= 15 is 0 Å². The van der Waals surface area contributed by atoms with E-state index in [2.05, 4.69) is 26.4 Å². The summed E-state index contributed by atoms with van der Waals surface area (Å²) < 4.78 is 0. The second-order valence-corrected chi connectivity index (χ2v) is 5.07. The highest BCUT2D eigenvalue weighted by atomic mass is 15.5. The van der Waals surface area contributed by atoms with E-state index in [1.54, 1.807) is 0 Å². The number of nitrogens with two attached hydrogens (primary N) is 4. The summed E-state index contributed by atoms with van der Waals surface area (Å²) in [7, 11) is 0. The fourth-order valence-corrected chi connectivity index (χ4v) is 1.93. The van der Waals surface area contributed by atoms with Crippen LogP contribution in [0.25, 0.3) is 0 Å². The van der Waals surface area contributed by atoms with Crippen molar-refractivity contribution in [3.05, 3.63) is 0 Å². The Kier molecular flexibility index (Phi) is 16.7. The zero-order chi connectivity index (χ0) is 16.5. The number of rotatable bonds is 17. The first-order chi connectivity index (χ1) is 10.8. The van der Waals surface area contributed by atoms with Crippen molar-refractivity contribution < 1.29 is 0 Å². The molecule has 0 aliphatic carbocycles. The molecular formula is C13H37N9. The lowest BCUT2D eigenvalue weighted by molar-refractivity contribution is 0.122. The Hall–Kier alpha value is -0.360. The van der Waals surface area contributed by atoms with Crippen molar-refractivity contribution in [3.8, 4) is 0 Å². The SMILES string of the molecule is NCCNCCNCCN(NCCNCCN)C(N)CCN. The van der Waals surface area contributed by atoms with Crippen LogP contribution in [0.3, 0.4) is 0 Å². The zero-order valence-electron chi connectivity index (χ0n) is 13.8. The molecule has 0 amide bonds. The van der Waals surface area contributed by atoms with Crippen LogP contribution in [0, 0.1) is 0 Å². The molecule has 0 fully saturated rings. The van der Waals surface area contributed by atoms with Crippen molar-refractivity contribution in [2.75, 3.05) is 72.0 Å². The third-order valence-electron chi connectivity index (χ3n) is 3.13. The van der Waals surface area contributed by atoms with Crippen molar-refractivity contribution in [2.45, 2.75) is 12.6 Å². The van der Waals surface area contributed by atoms with E-state index in [9.17, 15) is 0 Å². The van der Waals surface area contributed by atoms with E-state index in [0.29, 0.717) is 19.6 Å². The largest absolute Gasteiger partial charge is 0.330 e. The van der Waals surface area contributed by atoms with Gasteiger partial charge in [-0.15, -0.1) is 0 Å². The molecule has 9 nitrogen and oxygen atoms in total. The van der Waals surface area contributed by atoms with Crippen molar-refractivity contribution >= 4 is 0 Å².